The van der Waals surface area contributed by atoms with Crippen LogP contribution in [0.1, 0.15) is 38.3 Å². The molecule has 0 bridgehead atoms. The number of aliphatic hydroxyl groups is 1. The van der Waals surface area contributed by atoms with Crippen LogP contribution in [0.25, 0.3) is 5.57 Å². The van der Waals surface area contributed by atoms with Crippen LogP contribution in [0.4, 0.5) is 10.5 Å². The van der Waals surface area contributed by atoms with Crippen LogP contribution >= 0.6 is 0 Å². The summed E-state index contributed by atoms with van der Waals surface area (Å²) >= 11 is 0. The molecule has 5 atom stereocenters. The van der Waals surface area contributed by atoms with Crippen molar-refractivity contribution in [2.45, 2.75) is 63.0 Å². The maximum Gasteiger partial charge on any atom is 0.407 e. The van der Waals surface area contributed by atoms with Gasteiger partial charge in [0.2, 0.25) is 10.0 Å². The SMILES string of the molecule is CC(NCCN(C)C)=C1C(=O)Nc2ccc(S(=O)(=O)N(CC(C)C)CC(O)C(Cc3ccccc3)NC(=O)OC3COC4OCCC34)cc21. The highest BCUT2D eigenvalue weighted by atomic mass is 32.2. The summed E-state index contributed by atoms with van der Waals surface area (Å²) in [6.07, 6.45) is -1.92. The second-order valence-corrected chi connectivity index (χ2v) is 15.5. The highest BCUT2D eigenvalue weighted by Gasteiger charge is 2.44. The molecule has 2 fully saturated rings. The molecule has 2 aromatic rings. The lowest BCUT2D eigenvalue weighted by Crippen LogP contribution is -2.51. The predicted molar refractivity (Wildman–Crippen MR) is 185 cm³/mol. The number of fused-ring (bicyclic) bond motifs is 2. The zero-order valence-corrected chi connectivity index (χ0v) is 29.7. The molecule has 0 aromatic heterocycles. The fourth-order valence-corrected chi connectivity index (χ4v) is 8.07. The van der Waals surface area contributed by atoms with E-state index in [1.54, 1.807) is 13.0 Å². The first kappa shape index (κ1) is 36.7. The summed E-state index contributed by atoms with van der Waals surface area (Å²) in [7, 11) is -0.252. The summed E-state index contributed by atoms with van der Waals surface area (Å²) in [4.78, 5) is 28.2. The summed E-state index contributed by atoms with van der Waals surface area (Å²) in [5.41, 5.74) is 2.89. The Balaban J connectivity index is 1.37. The van der Waals surface area contributed by atoms with Crippen molar-refractivity contribution in [1.29, 1.82) is 0 Å². The molecule has 0 spiro atoms. The van der Waals surface area contributed by atoms with Crippen LogP contribution in [0.2, 0.25) is 0 Å². The molecule has 3 heterocycles. The number of ether oxygens (including phenoxy) is 3. The van der Waals surface area contributed by atoms with E-state index in [2.05, 4.69) is 16.0 Å². The normalized spacial score (nSPS) is 22.6. The average molecular weight is 700 g/mol. The molecule has 0 aliphatic carbocycles. The fraction of sp³-hybridized carbons (Fsp3) is 0.543. The number of amides is 2. The van der Waals surface area contributed by atoms with Crippen molar-refractivity contribution in [3.05, 3.63) is 65.4 Å². The van der Waals surface area contributed by atoms with Gasteiger partial charge in [-0.1, -0.05) is 44.2 Å². The number of aliphatic hydroxyl groups excluding tert-OH is 1. The van der Waals surface area contributed by atoms with Crippen LogP contribution in [0, 0.1) is 11.8 Å². The fourth-order valence-electron chi connectivity index (χ4n) is 6.42. The summed E-state index contributed by atoms with van der Waals surface area (Å²) in [5.74, 6) is -0.441. The average Bonchev–Trinajstić information content (AvgIpc) is 3.75. The van der Waals surface area contributed by atoms with Crippen LogP contribution in [-0.2, 0) is 35.4 Å². The Morgan fingerprint density at radius 3 is 2.59 bits per heavy atom. The van der Waals surface area contributed by atoms with Crippen LogP contribution in [0.15, 0.2) is 59.1 Å². The third-order valence-corrected chi connectivity index (χ3v) is 10.8. The maximum atomic E-state index is 14.3. The highest BCUT2D eigenvalue weighted by molar-refractivity contribution is 7.89. The first-order chi connectivity index (χ1) is 23.3. The number of rotatable bonds is 15. The molecule has 2 amide bonds. The van der Waals surface area contributed by atoms with Crippen molar-refractivity contribution < 1.29 is 37.3 Å². The van der Waals surface area contributed by atoms with Gasteiger partial charge in [0, 0.05) is 43.1 Å². The van der Waals surface area contributed by atoms with Crippen LogP contribution in [0.3, 0.4) is 0 Å². The molecule has 0 saturated carbocycles. The molecule has 49 heavy (non-hydrogen) atoms. The van der Waals surface area contributed by atoms with Gasteiger partial charge in [0.1, 0.15) is 6.10 Å². The lowest BCUT2D eigenvalue weighted by molar-refractivity contribution is -0.110. The Labute approximate surface area is 289 Å². The lowest BCUT2D eigenvalue weighted by atomic mass is 10.0. The van der Waals surface area contributed by atoms with E-state index in [4.69, 9.17) is 14.2 Å². The molecule has 5 unspecified atom stereocenters. The van der Waals surface area contributed by atoms with Gasteiger partial charge in [0.25, 0.3) is 5.91 Å². The Hall–Kier alpha value is -3.53. The number of benzene rings is 2. The van der Waals surface area contributed by atoms with E-state index >= 15 is 0 Å². The van der Waals surface area contributed by atoms with Gasteiger partial charge < -0.3 is 40.2 Å². The Kier molecular flexibility index (Phi) is 12.0. The van der Waals surface area contributed by atoms with Crippen LogP contribution in [-0.4, -0.2) is 113 Å². The third-order valence-electron chi connectivity index (χ3n) is 8.97. The second-order valence-electron chi connectivity index (χ2n) is 13.6. The molecule has 2 saturated heterocycles. The summed E-state index contributed by atoms with van der Waals surface area (Å²) < 4.78 is 46.7. The molecule has 3 aliphatic rings. The number of sulfonamides is 1. The number of allylic oxidation sites excluding steroid dienone is 1. The van der Waals surface area contributed by atoms with E-state index in [1.165, 1.54) is 16.4 Å². The van der Waals surface area contributed by atoms with Crippen molar-refractivity contribution in [3.8, 4) is 0 Å². The molecule has 5 rings (SSSR count). The van der Waals surface area contributed by atoms with E-state index in [0.717, 1.165) is 18.5 Å². The smallest absolute Gasteiger partial charge is 0.407 e. The highest BCUT2D eigenvalue weighted by Crippen LogP contribution is 2.36. The van der Waals surface area contributed by atoms with E-state index < -0.39 is 34.4 Å². The van der Waals surface area contributed by atoms with E-state index in [1.807, 2.05) is 63.2 Å². The number of hydrogen-bond acceptors (Lipinski definition) is 10. The number of carbonyl (C=O) groups is 2. The van der Waals surface area contributed by atoms with Gasteiger partial charge in [0.05, 0.1) is 41.7 Å². The minimum absolute atomic E-state index is 0.00394. The van der Waals surface area contributed by atoms with E-state index in [9.17, 15) is 23.1 Å². The van der Waals surface area contributed by atoms with Gasteiger partial charge in [-0.15, -0.1) is 0 Å². The molecule has 14 heteroatoms. The minimum Gasteiger partial charge on any atom is -0.443 e. The molecular weight excluding hydrogens is 650 g/mol. The molecule has 4 N–H and O–H groups in total. The largest absolute Gasteiger partial charge is 0.443 e. The number of nitrogens with zero attached hydrogens (tertiary/aromatic N) is 2. The summed E-state index contributed by atoms with van der Waals surface area (Å²) in [6, 6.07) is 13.0. The molecule has 13 nitrogen and oxygen atoms in total. The monoisotopic (exact) mass is 699 g/mol. The van der Waals surface area contributed by atoms with Gasteiger partial charge in [-0.2, -0.15) is 4.31 Å². The van der Waals surface area contributed by atoms with E-state index in [-0.39, 0.29) is 55.0 Å². The minimum atomic E-state index is -4.16. The molecule has 3 aliphatic heterocycles. The topological polar surface area (TPSA) is 159 Å². The standard InChI is InChI=1S/C35H49N5O8S/c1-22(2)19-40(49(44,45)25-11-12-28-27(18-25)32(33(42)37-28)23(3)36-14-15-39(4)5)20-30(41)29(17-24-9-7-6-8-10-24)38-35(43)48-31-21-47-34-26(31)13-16-46-34/h6-12,18,22,26,29-31,34,36,41H,13-17,19-21H2,1-5H3,(H,37,42)(H,38,43). The zero-order chi connectivity index (χ0) is 35.3. The third kappa shape index (κ3) is 8.99. The molecular formula is C35H49N5O8S. The van der Waals surface area contributed by atoms with Gasteiger partial charge in [-0.3, -0.25) is 4.79 Å². The van der Waals surface area contributed by atoms with E-state index in [0.29, 0.717) is 35.7 Å². The van der Waals surface area contributed by atoms with Gasteiger partial charge >= 0.3 is 6.09 Å². The number of nitrogens with one attached hydrogen (secondary N) is 3. The summed E-state index contributed by atoms with van der Waals surface area (Å²) in [5, 5.41) is 20.6. The van der Waals surface area contributed by atoms with Gasteiger partial charge in [-0.05, 0) is 63.5 Å². The van der Waals surface area contributed by atoms with Gasteiger partial charge in [-0.25, -0.2) is 13.2 Å². The van der Waals surface area contributed by atoms with Crippen molar-refractivity contribution in [2.24, 2.45) is 11.8 Å². The number of carbonyl (C=O) groups excluding carboxylic acids is 2. The van der Waals surface area contributed by atoms with Crippen molar-refractivity contribution in [3.63, 3.8) is 0 Å². The predicted octanol–water partition coefficient (Wildman–Crippen LogP) is 2.63. The first-order valence-electron chi connectivity index (χ1n) is 16.8. The number of alkyl carbamates (subject to hydrolysis) is 1. The molecule has 0 radical (unpaired) electrons. The zero-order valence-electron chi connectivity index (χ0n) is 28.8. The lowest BCUT2D eigenvalue weighted by Gasteiger charge is -2.31. The van der Waals surface area contributed by atoms with Crippen LogP contribution in [0.5, 0.6) is 0 Å². The number of likely N-dealkylation sites (N-methyl/N-ethyl adjacent to an activating group) is 1. The van der Waals surface area contributed by atoms with Crippen molar-refractivity contribution >= 4 is 33.3 Å². The van der Waals surface area contributed by atoms with Crippen LogP contribution < -0.4 is 16.0 Å². The number of hydrogen-bond donors (Lipinski definition) is 4. The quantitative estimate of drug-likeness (QED) is 0.204. The van der Waals surface area contributed by atoms with Gasteiger partial charge in [0.15, 0.2) is 6.29 Å². The maximum absolute atomic E-state index is 14.3. The summed E-state index contributed by atoms with van der Waals surface area (Å²) in [6.45, 7) is 7.54. The van der Waals surface area contributed by atoms with Crippen molar-refractivity contribution in [2.75, 3.05) is 58.8 Å². The Bertz CT molecular complexity index is 1620. The second kappa shape index (κ2) is 16.0. The van der Waals surface area contributed by atoms with Crippen molar-refractivity contribution in [1.82, 2.24) is 19.8 Å². The molecule has 268 valence electrons. The molecule has 2 aromatic carbocycles. The Morgan fingerprint density at radius 2 is 1.88 bits per heavy atom. The number of anilines is 1. The first-order valence-corrected chi connectivity index (χ1v) is 18.2. The Morgan fingerprint density at radius 1 is 1.12 bits per heavy atom.